The van der Waals surface area contributed by atoms with Crippen LogP contribution in [0.1, 0.15) is 30.9 Å². The molecule has 1 aromatic carbocycles. The number of aryl methyl sites for hydroxylation is 2. The summed E-state index contributed by atoms with van der Waals surface area (Å²) in [7, 11) is 1.63. The average molecular weight is 330 g/mol. The summed E-state index contributed by atoms with van der Waals surface area (Å²) >= 11 is 0. The van der Waals surface area contributed by atoms with Crippen molar-refractivity contribution in [1.82, 2.24) is 14.5 Å². The van der Waals surface area contributed by atoms with E-state index in [0.717, 1.165) is 5.56 Å². The van der Waals surface area contributed by atoms with E-state index < -0.39 is 11.9 Å². The Labute approximate surface area is 137 Å². The van der Waals surface area contributed by atoms with E-state index in [1.807, 2.05) is 12.1 Å². The molecular formula is C16H18N4O4. The molecule has 8 heteroatoms. The van der Waals surface area contributed by atoms with Crippen molar-refractivity contribution in [3.05, 3.63) is 34.2 Å². The van der Waals surface area contributed by atoms with Crippen molar-refractivity contribution >= 4 is 28.8 Å². The minimum atomic E-state index is -0.699. The Morgan fingerprint density at radius 2 is 2.04 bits per heavy atom. The smallest absolute Gasteiger partial charge is 0.329 e. The fraction of sp³-hybridized carbons (Fsp3) is 0.375. The number of hydrogen-bond donors (Lipinski definition) is 2. The van der Waals surface area contributed by atoms with Gasteiger partial charge in [-0.05, 0) is 30.5 Å². The van der Waals surface area contributed by atoms with E-state index >= 15 is 0 Å². The number of piperidine rings is 1. The third kappa shape index (κ3) is 2.70. The summed E-state index contributed by atoms with van der Waals surface area (Å²) in [6.45, 7) is 0. The number of nitrogens with two attached hydrogens (primary N) is 1. The largest absolute Gasteiger partial charge is 0.370 e. The summed E-state index contributed by atoms with van der Waals surface area (Å²) in [5, 5.41) is 2.27. The Balaban J connectivity index is 2.05. The molecule has 0 radical (unpaired) electrons. The van der Waals surface area contributed by atoms with Gasteiger partial charge in [-0.25, -0.2) is 4.79 Å². The second-order valence-corrected chi connectivity index (χ2v) is 5.97. The van der Waals surface area contributed by atoms with Crippen molar-refractivity contribution < 1.29 is 14.4 Å². The highest BCUT2D eigenvalue weighted by Gasteiger charge is 2.31. The van der Waals surface area contributed by atoms with Crippen molar-refractivity contribution in [3.63, 3.8) is 0 Å². The number of imidazole rings is 1. The molecule has 0 aliphatic carbocycles. The van der Waals surface area contributed by atoms with Gasteiger partial charge in [-0.1, -0.05) is 6.07 Å². The maximum Gasteiger partial charge on any atom is 0.329 e. The fourth-order valence-corrected chi connectivity index (χ4v) is 3.06. The van der Waals surface area contributed by atoms with Crippen LogP contribution < -0.4 is 16.7 Å². The lowest BCUT2D eigenvalue weighted by Gasteiger charge is -2.21. The summed E-state index contributed by atoms with van der Waals surface area (Å²) in [6.07, 6.45) is 1.22. The van der Waals surface area contributed by atoms with Gasteiger partial charge < -0.3 is 5.73 Å². The molecule has 0 bridgehead atoms. The molecule has 0 saturated carbocycles. The number of rotatable bonds is 4. The quantitative estimate of drug-likeness (QED) is 0.751. The van der Waals surface area contributed by atoms with Crippen molar-refractivity contribution in [2.75, 3.05) is 0 Å². The molecule has 3 N–H and O–H groups in total. The monoisotopic (exact) mass is 330 g/mol. The van der Waals surface area contributed by atoms with E-state index in [0.29, 0.717) is 23.9 Å². The van der Waals surface area contributed by atoms with E-state index in [-0.39, 0.29) is 30.3 Å². The zero-order valence-corrected chi connectivity index (χ0v) is 13.2. The first-order valence-corrected chi connectivity index (χ1v) is 7.70. The normalized spacial score (nSPS) is 18.0. The number of amides is 3. The van der Waals surface area contributed by atoms with Crippen LogP contribution in [0, 0.1) is 0 Å². The average Bonchev–Trinajstić information content (AvgIpc) is 2.77. The van der Waals surface area contributed by atoms with Crippen LogP contribution in [0.2, 0.25) is 0 Å². The van der Waals surface area contributed by atoms with E-state index in [4.69, 9.17) is 5.73 Å². The van der Waals surface area contributed by atoms with Crippen LogP contribution >= 0.6 is 0 Å². The number of carbonyl (C=O) groups is 3. The van der Waals surface area contributed by atoms with E-state index in [9.17, 15) is 19.2 Å². The number of imide groups is 1. The van der Waals surface area contributed by atoms with Crippen LogP contribution in [0.15, 0.2) is 23.0 Å². The predicted molar refractivity (Wildman–Crippen MR) is 86.1 cm³/mol. The third-order valence-corrected chi connectivity index (χ3v) is 4.34. The molecule has 1 atom stereocenters. The Kier molecular flexibility index (Phi) is 3.96. The van der Waals surface area contributed by atoms with Crippen LogP contribution in [0.3, 0.4) is 0 Å². The molecule has 126 valence electrons. The topological polar surface area (TPSA) is 116 Å². The van der Waals surface area contributed by atoms with Crippen LogP contribution in [0.25, 0.3) is 11.0 Å². The highest BCUT2D eigenvalue weighted by Crippen LogP contribution is 2.23. The van der Waals surface area contributed by atoms with Crippen LogP contribution in [-0.2, 0) is 27.9 Å². The lowest BCUT2D eigenvalue weighted by atomic mass is 10.1. The van der Waals surface area contributed by atoms with Gasteiger partial charge in [0, 0.05) is 19.9 Å². The molecule has 2 aromatic rings. The predicted octanol–water partition coefficient (Wildman–Crippen LogP) is -0.264. The van der Waals surface area contributed by atoms with Gasteiger partial charge in [-0.3, -0.25) is 28.8 Å². The Hall–Kier alpha value is -2.90. The van der Waals surface area contributed by atoms with Crippen molar-refractivity contribution in [2.24, 2.45) is 12.8 Å². The number of nitrogens with one attached hydrogen (secondary N) is 1. The summed E-state index contributed by atoms with van der Waals surface area (Å²) in [4.78, 5) is 46.9. The lowest BCUT2D eigenvalue weighted by Crippen LogP contribution is -2.44. The number of nitrogens with zero attached hydrogens (tertiary/aromatic N) is 2. The first kappa shape index (κ1) is 16.0. The highest BCUT2D eigenvalue weighted by molar-refractivity contribution is 6.00. The molecule has 3 amide bonds. The standard InChI is InChI=1S/C16H18N4O4/c1-19-12-8-9(3-6-13(17)21)2-4-10(12)20(16(19)24)11-5-7-14(22)18-15(11)23/h2,4,8,11H,3,5-7H2,1H3,(H2,17,21)(H,18,22,23). The zero-order chi connectivity index (χ0) is 17.4. The number of primary amides is 1. The van der Waals surface area contributed by atoms with Crippen molar-refractivity contribution in [2.45, 2.75) is 31.7 Å². The molecule has 1 fully saturated rings. The molecule has 1 saturated heterocycles. The second-order valence-electron chi connectivity index (χ2n) is 5.97. The van der Waals surface area contributed by atoms with Gasteiger partial charge in [0.25, 0.3) is 0 Å². The van der Waals surface area contributed by atoms with Gasteiger partial charge in [0.05, 0.1) is 11.0 Å². The van der Waals surface area contributed by atoms with Crippen molar-refractivity contribution in [3.8, 4) is 0 Å². The molecule has 1 aliphatic rings. The van der Waals surface area contributed by atoms with E-state index in [1.165, 1.54) is 9.13 Å². The summed E-state index contributed by atoms with van der Waals surface area (Å²) < 4.78 is 2.89. The number of carbonyl (C=O) groups excluding carboxylic acids is 3. The fourth-order valence-electron chi connectivity index (χ4n) is 3.06. The minimum absolute atomic E-state index is 0.204. The van der Waals surface area contributed by atoms with Crippen LogP contribution in [-0.4, -0.2) is 26.9 Å². The SMILES string of the molecule is Cn1c(=O)n(C2CCC(=O)NC2=O)c2ccc(CCC(N)=O)cc21. The molecule has 3 rings (SSSR count). The number of hydrogen-bond acceptors (Lipinski definition) is 4. The maximum absolute atomic E-state index is 12.6. The number of benzene rings is 1. The van der Waals surface area contributed by atoms with Crippen LogP contribution in [0.5, 0.6) is 0 Å². The Morgan fingerprint density at radius 3 is 2.71 bits per heavy atom. The minimum Gasteiger partial charge on any atom is -0.370 e. The summed E-state index contributed by atoms with van der Waals surface area (Å²) in [6, 6.07) is 4.70. The number of fused-ring (bicyclic) bond motifs is 1. The van der Waals surface area contributed by atoms with Crippen LogP contribution in [0.4, 0.5) is 0 Å². The third-order valence-electron chi connectivity index (χ3n) is 4.34. The van der Waals surface area contributed by atoms with Gasteiger partial charge in [-0.15, -0.1) is 0 Å². The highest BCUT2D eigenvalue weighted by atomic mass is 16.2. The first-order valence-electron chi connectivity index (χ1n) is 7.70. The molecule has 1 aliphatic heterocycles. The molecule has 8 nitrogen and oxygen atoms in total. The van der Waals surface area contributed by atoms with Crippen molar-refractivity contribution in [1.29, 1.82) is 0 Å². The van der Waals surface area contributed by atoms with E-state index in [1.54, 1.807) is 13.1 Å². The van der Waals surface area contributed by atoms with Gasteiger partial charge in [-0.2, -0.15) is 0 Å². The molecule has 1 aromatic heterocycles. The van der Waals surface area contributed by atoms with E-state index in [2.05, 4.69) is 5.32 Å². The van der Waals surface area contributed by atoms with Gasteiger partial charge in [0.2, 0.25) is 17.7 Å². The van der Waals surface area contributed by atoms with Gasteiger partial charge in [0.1, 0.15) is 6.04 Å². The Morgan fingerprint density at radius 1 is 1.29 bits per heavy atom. The second kappa shape index (κ2) is 5.95. The Bertz CT molecular complexity index is 909. The summed E-state index contributed by atoms with van der Waals surface area (Å²) in [5.41, 5.74) is 7.04. The molecular weight excluding hydrogens is 312 g/mol. The van der Waals surface area contributed by atoms with Gasteiger partial charge in [0.15, 0.2) is 0 Å². The number of aromatic nitrogens is 2. The lowest BCUT2D eigenvalue weighted by molar-refractivity contribution is -0.135. The molecule has 24 heavy (non-hydrogen) atoms. The summed E-state index contributed by atoms with van der Waals surface area (Å²) in [5.74, 6) is -1.16. The molecule has 0 spiro atoms. The maximum atomic E-state index is 12.6. The first-order chi connectivity index (χ1) is 11.4. The molecule has 1 unspecified atom stereocenters. The molecule has 2 heterocycles. The zero-order valence-electron chi connectivity index (χ0n) is 13.2. The van der Waals surface area contributed by atoms with Gasteiger partial charge >= 0.3 is 5.69 Å².